The van der Waals surface area contributed by atoms with Crippen LogP contribution in [0.5, 0.6) is 0 Å². The van der Waals surface area contributed by atoms with Crippen LogP contribution in [0.25, 0.3) is 0 Å². The second-order valence-corrected chi connectivity index (χ2v) is 6.39. The van der Waals surface area contributed by atoms with Crippen LogP contribution in [0.1, 0.15) is 50.1 Å². The van der Waals surface area contributed by atoms with Gasteiger partial charge in [-0.05, 0) is 20.8 Å². The van der Waals surface area contributed by atoms with Gasteiger partial charge in [0.15, 0.2) is 0 Å². The number of nitrogens with one attached hydrogen (secondary N) is 1. The van der Waals surface area contributed by atoms with Gasteiger partial charge in [-0.3, -0.25) is 4.79 Å². The molecule has 6 nitrogen and oxygen atoms in total. The number of carbonyl (C=O) groups is 2. The van der Waals surface area contributed by atoms with E-state index in [9.17, 15) is 9.59 Å². The molecule has 2 aromatic heterocycles. The van der Waals surface area contributed by atoms with E-state index in [1.807, 2.05) is 13.8 Å². The molecule has 0 aliphatic heterocycles. The molecule has 0 spiro atoms. The second kappa shape index (κ2) is 6.77. The smallest absolute Gasteiger partial charge is 0.367 e. The average Bonchev–Trinajstić information content (AvgIpc) is 3.07. The monoisotopic (exact) mass is 325 g/mol. The summed E-state index contributed by atoms with van der Waals surface area (Å²) in [6, 6.07) is -0.205. The van der Waals surface area contributed by atoms with Gasteiger partial charge in [0.25, 0.3) is 5.91 Å². The van der Waals surface area contributed by atoms with Gasteiger partial charge in [0.05, 0.1) is 12.6 Å². The van der Waals surface area contributed by atoms with E-state index in [-0.39, 0.29) is 29.3 Å². The zero-order valence-corrected chi connectivity index (χ0v) is 13.5. The number of hydrogen-bond donors (Lipinski definition) is 1. The van der Waals surface area contributed by atoms with Crippen LogP contribution in [-0.4, -0.2) is 28.5 Å². The molecule has 0 bridgehead atoms. The second-order valence-electron chi connectivity index (χ2n) is 4.26. The lowest BCUT2D eigenvalue weighted by molar-refractivity contribution is 0.0526. The number of aromatic nitrogens is 2. The Morgan fingerprint density at radius 3 is 2.86 bits per heavy atom. The third-order valence-electron chi connectivity index (χ3n) is 2.54. The van der Waals surface area contributed by atoms with Crippen molar-refractivity contribution in [2.75, 3.05) is 6.61 Å². The highest BCUT2D eigenvalue weighted by atomic mass is 32.1. The molecule has 8 heteroatoms. The van der Waals surface area contributed by atoms with E-state index in [1.165, 1.54) is 11.3 Å². The summed E-state index contributed by atoms with van der Waals surface area (Å²) in [5.41, 5.74) is 0.211. The van der Waals surface area contributed by atoms with E-state index in [2.05, 4.69) is 15.3 Å². The molecule has 0 aliphatic carbocycles. The van der Waals surface area contributed by atoms with Gasteiger partial charge in [-0.15, -0.1) is 22.7 Å². The Kier molecular flexibility index (Phi) is 5.03. The van der Waals surface area contributed by atoms with Crippen LogP contribution in [0.4, 0.5) is 0 Å². The third kappa shape index (κ3) is 3.85. The first kappa shape index (κ1) is 15.6. The van der Waals surface area contributed by atoms with Crippen LogP contribution in [-0.2, 0) is 4.74 Å². The highest BCUT2D eigenvalue weighted by molar-refractivity contribution is 7.12. The van der Waals surface area contributed by atoms with Crippen molar-refractivity contribution in [3.05, 3.63) is 32.2 Å². The van der Waals surface area contributed by atoms with Crippen LogP contribution in [0.15, 0.2) is 11.6 Å². The molecule has 0 fully saturated rings. The average molecular weight is 325 g/mol. The van der Waals surface area contributed by atoms with Gasteiger partial charge >= 0.3 is 5.97 Å². The summed E-state index contributed by atoms with van der Waals surface area (Å²) >= 11 is 2.63. The maximum atomic E-state index is 12.1. The van der Waals surface area contributed by atoms with Crippen molar-refractivity contribution in [3.63, 3.8) is 0 Å². The molecule has 0 radical (unpaired) electrons. The van der Waals surface area contributed by atoms with Crippen LogP contribution in [0.2, 0.25) is 0 Å². The molecule has 0 saturated heterocycles. The van der Waals surface area contributed by atoms with Crippen molar-refractivity contribution < 1.29 is 14.3 Å². The third-order valence-corrected chi connectivity index (χ3v) is 4.46. The first-order valence-corrected chi connectivity index (χ1v) is 8.06. The molecule has 1 unspecified atom stereocenters. The lowest BCUT2D eigenvalue weighted by Gasteiger charge is -2.09. The summed E-state index contributed by atoms with van der Waals surface area (Å²) in [4.78, 5) is 32.9. The number of ether oxygens (including phenoxy) is 1. The van der Waals surface area contributed by atoms with Crippen molar-refractivity contribution >= 4 is 34.6 Å². The fourth-order valence-electron chi connectivity index (χ4n) is 1.57. The van der Waals surface area contributed by atoms with Crippen molar-refractivity contribution in [2.45, 2.75) is 26.8 Å². The van der Waals surface area contributed by atoms with Crippen LogP contribution in [0, 0.1) is 6.92 Å². The predicted octanol–water partition coefficient (Wildman–Crippen LogP) is 2.58. The summed E-state index contributed by atoms with van der Waals surface area (Å²) in [6.45, 7) is 5.81. The first-order chi connectivity index (χ1) is 10.0. The van der Waals surface area contributed by atoms with E-state index in [0.717, 1.165) is 21.2 Å². The fourth-order valence-corrected chi connectivity index (χ4v) is 3.03. The molecule has 1 amide bonds. The highest BCUT2D eigenvalue weighted by Gasteiger charge is 2.19. The predicted molar refractivity (Wildman–Crippen MR) is 80.8 cm³/mol. The minimum absolute atomic E-state index is 0.180. The van der Waals surface area contributed by atoms with Gasteiger partial charge in [0.2, 0.25) is 5.01 Å². The van der Waals surface area contributed by atoms with Gasteiger partial charge in [0.1, 0.15) is 10.7 Å². The molecule has 112 valence electrons. The zero-order chi connectivity index (χ0) is 15.4. The minimum Gasteiger partial charge on any atom is -0.461 e. The minimum atomic E-state index is -0.509. The Hall–Kier alpha value is -1.80. The fraction of sp³-hybridized carbons (Fsp3) is 0.385. The molecule has 2 rings (SSSR count). The highest BCUT2D eigenvalue weighted by Crippen LogP contribution is 2.19. The maximum absolute atomic E-state index is 12.1. The molecular formula is C13H15N3O3S2. The van der Waals surface area contributed by atoms with Gasteiger partial charge in [-0.2, -0.15) is 0 Å². The Morgan fingerprint density at radius 2 is 2.24 bits per heavy atom. The number of aryl methyl sites for hydroxylation is 1. The molecule has 2 aromatic rings. The number of nitrogens with zero attached hydrogens (tertiary/aromatic N) is 2. The molecule has 0 saturated carbocycles. The normalized spacial score (nSPS) is 12.0. The van der Waals surface area contributed by atoms with E-state index in [0.29, 0.717) is 0 Å². The zero-order valence-electron chi connectivity index (χ0n) is 11.9. The van der Waals surface area contributed by atoms with Crippen molar-refractivity contribution in [1.82, 2.24) is 15.3 Å². The standard InChI is InChI=1S/C13H15N3O3S2/c1-4-19-13(18)12-16-9(6-20-12)10(17)15-8(3)11-14-5-7(2)21-11/h5-6,8H,4H2,1-3H3,(H,15,17). The summed E-state index contributed by atoms with van der Waals surface area (Å²) in [6.07, 6.45) is 1.77. The lowest BCUT2D eigenvalue weighted by atomic mass is 10.3. The number of esters is 1. The molecule has 2 heterocycles. The van der Waals surface area contributed by atoms with Gasteiger partial charge in [-0.25, -0.2) is 14.8 Å². The largest absolute Gasteiger partial charge is 0.461 e. The summed E-state index contributed by atoms with van der Waals surface area (Å²) in [7, 11) is 0. The number of rotatable bonds is 5. The van der Waals surface area contributed by atoms with Crippen LogP contribution >= 0.6 is 22.7 Å². The van der Waals surface area contributed by atoms with E-state index in [4.69, 9.17) is 4.74 Å². The van der Waals surface area contributed by atoms with Crippen LogP contribution in [0.3, 0.4) is 0 Å². The lowest BCUT2D eigenvalue weighted by Crippen LogP contribution is -2.27. The Bertz CT molecular complexity index is 651. The Morgan fingerprint density at radius 1 is 1.48 bits per heavy atom. The summed E-state index contributed by atoms with van der Waals surface area (Å²) < 4.78 is 4.84. The molecule has 0 aromatic carbocycles. The van der Waals surface area contributed by atoms with Crippen molar-refractivity contribution in [1.29, 1.82) is 0 Å². The van der Waals surface area contributed by atoms with Gasteiger partial charge in [0, 0.05) is 16.5 Å². The quantitative estimate of drug-likeness (QED) is 0.855. The summed E-state index contributed by atoms with van der Waals surface area (Å²) in [5, 5.41) is 5.37. The number of hydrogen-bond acceptors (Lipinski definition) is 7. The number of amides is 1. The SMILES string of the molecule is CCOC(=O)c1nc(C(=O)NC(C)c2ncc(C)s2)cs1. The molecule has 1 atom stereocenters. The van der Waals surface area contributed by atoms with E-state index >= 15 is 0 Å². The van der Waals surface area contributed by atoms with Gasteiger partial charge < -0.3 is 10.1 Å². The first-order valence-electron chi connectivity index (χ1n) is 6.37. The molecule has 21 heavy (non-hydrogen) atoms. The molecule has 1 N–H and O–H groups in total. The Labute approximate surface area is 130 Å². The maximum Gasteiger partial charge on any atom is 0.367 e. The number of carbonyl (C=O) groups excluding carboxylic acids is 2. The van der Waals surface area contributed by atoms with E-state index in [1.54, 1.807) is 18.5 Å². The van der Waals surface area contributed by atoms with E-state index < -0.39 is 5.97 Å². The molecular weight excluding hydrogens is 310 g/mol. The van der Waals surface area contributed by atoms with Crippen LogP contribution < -0.4 is 5.32 Å². The number of thiazole rings is 2. The van der Waals surface area contributed by atoms with Gasteiger partial charge in [-0.1, -0.05) is 0 Å². The Balaban J connectivity index is 2.02. The van der Waals surface area contributed by atoms with Crippen molar-refractivity contribution in [3.8, 4) is 0 Å². The topological polar surface area (TPSA) is 81.2 Å². The summed E-state index contributed by atoms with van der Waals surface area (Å²) in [5.74, 6) is -0.840. The molecule has 0 aliphatic rings. The van der Waals surface area contributed by atoms with Crippen molar-refractivity contribution in [2.24, 2.45) is 0 Å².